The van der Waals surface area contributed by atoms with E-state index in [4.69, 9.17) is 0 Å². The summed E-state index contributed by atoms with van der Waals surface area (Å²) in [7, 11) is 0. The Kier molecular flexibility index (Phi) is 7.97. The highest BCUT2D eigenvalue weighted by atomic mass is 32.2. The number of amides is 2. The standard InChI is InChI=1S/C20H31N3O2S/c1-15(2)21-19(24)14-22-8-10-23(11-9-22)20(25)7-12-26-18-6-5-16(3)17(4)13-18/h5-6,13,15H,7-12,14H2,1-4H3,(H,21,24). The van der Waals surface area contributed by atoms with Crippen molar-refractivity contribution in [3.8, 4) is 0 Å². The predicted octanol–water partition coefficient (Wildman–Crippen LogP) is 2.45. The van der Waals surface area contributed by atoms with E-state index in [1.54, 1.807) is 11.8 Å². The number of nitrogens with one attached hydrogen (secondary N) is 1. The molecule has 1 N–H and O–H groups in total. The number of aryl methyl sites for hydroxylation is 2. The summed E-state index contributed by atoms with van der Waals surface area (Å²) < 4.78 is 0. The zero-order valence-electron chi connectivity index (χ0n) is 16.4. The van der Waals surface area contributed by atoms with E-state index in [9.17, 15) is 9.59 Å². The van der Waals surface area contributed by atoms with E-state index in [1.165, 1.54) is 16.0 Å². The third kappa shape index (κ3) is 6.65. The van der Waals surface area contributed by atoms with Crippen molar-refractivity contribution in [3.05, 3.63) is 29.3 Å². The van der Waals surface area contributed by atoms with Crippen LogP contribution in [0.15, 0.2) is 23.1 Å². The van der Waals surface area contributed by atoms with Gasteiger partial charge in [-0.3, -0.25) is 14.5 Å². The van der Waals surface area contributed by atoms with Crippen LogP contribution in [0, 0.1) is 13.8 Å². The number of carbonyl (C=O) groups is 2. The highest BCUT2D eigenvalue weighted by molar-refractivity contribution is 7.99. The van der Waals surface area contributed by atoms with Crippen molar-refractivity contribution in [1.82, 2.24) is 15.1 Å². The van der Waals surface area contributed by atoms with Crippen molar-refractivity contribution >= 4 is 23.6 Å². The van der Waals surface area contributed by atoms with E-state index in [2.05, 4.69) is 42.3 Å². The van der Waals surface area contributed by atoms with Crippen LogP contribution in [0.2, 0.25) is 0 Å². The highest BCUT2D eigenvalue weighted by Gasteiger charge is 2.22. The summed E-state index contributed by atoms with van der Waals surface area (Å²) in [5.41, 5.74) is 2.59. The normalized spacial score (nSPS) is 15.3. The zero-order valence-corrected chi connectivity index (χ0v) is 17.2. The lowest BCUT2D eigenvalue weighted by Gasteiger charge is -2.34. The quantitative estimate of drug-likeness (QED) is 0.742. The Morgan fingerprint density at radius 3 is 2.42 bits per heavy atom. The molecule has 1 heterocycles. The number of hydrogen-bond acceptors (Lipinski definition) is 4. The maximum absolute atomic E-state index is 12.4. The van der Waals surface area contributed by atoms with Gasteiger partial charge in [-0.1, -0.05) is 6.07 Å². The van der Waals surface area contributed by atoms with Gasteiger partial charge in [-0.15, -0.1) is 11.8 Å². The SMILES string of the molecule is Cc1ccc(SCCC(=O)N2CCN(CC(=O)NC(C)C)CC2)cc1C. The van der Waals surface area contributed by atoms with Crippen molar-refractivity contribution in [2.24, 2.45) is 0 Å². The summed E-state index contributed by atoms with van der Waals surface area (Å²) in [6.07, 6.45) is 0.561. The van der Waals surface area contributed by atoms with Crippen LogP contribution in [-0.4, -0.2) is 66.1 Å². The molecular weight excluding hydrogens is 346 g/mol. The Morgan fingerprint density at radius 1 is 1.12 bits per heavy atom. The first-order valence-corrected chi connectivity index (χ1v) is 10.3. The number of benzene rings is 1. The molecular formula is C20H31N3O2S. The van der Waals surface area contributed by atoms with Crippen molar-refractivity contribution < 1.29 is 9.59 Å². The molecule has 0 spiro atoms. The van der Waals surface area contributed by atoms with E-state index < -0.39 is 0 Å². The summed E-state index contributed by atoms with van der Waals surface area (Å²) >= 11 is 1.74. The van der Waals surface area contributed by atoms with Gasteiger partial charge in [0.15, 0.2) is 0 Å². The van der Waals surface area contributed by atoms with Gasteiger partial charge < -0.3 is 10.2 Å². The molecule has 1 aliphatic heterocycles. The van der Waals surface area contributed by atoms with Crippen LogP contribution < -0.4 is 5.32 Å². The molecule has 0 unspecified atom stereocenters. The number of carbonyl (C=O) groups excluding carboxylic acids is 2. The minimum atomic E-state index is 0.0598. The largest absolute Gasteiger partial charge is 0.353 e. The smallest absolute Gasteiger partial charge is 0.234 e. The van der Waals surface area contributed by atoms with Crippen LogP contribution in [0.5, 0.6) is 0 Å². The second kappa shape index (κ2) is 9.97. The van der Waals surface area contributed by atoms with Crippen molar-refractivity contribution in [1.29, 1.82) is 0 Å². The minimum absolute atomic E-state index is 0.0598. The first-order chi connectivity index (χ1) is 12.3. The van der Waals surface area contributed by atoms with Gasteiger partial charge in [0.1, 0.15) is 0 Å². The Morgan fingerprint density at radius 2 is 1.81 bits per heavy atom. The molecule has 1 aromatic carbocycles. The fourth-order valence-corrected chi connectivity index (χ4v) is 3.88. The van der Waals surface area contributed by atoms with Gasteiger partial charge in [-0.2, -0.15) is 0 Å². The molecule has 144 valence electrons. The number of thioether (sulfide) groups is 1. The molecule has 0 atom stereocenters. The maximum atomic E-state index is 12.4. The third-order valence-corrected chi connectivity index (χ3v) is 5.60. The zero-order chi connectivity index (χ0) is 19.1. The first kappa shape index (κ1) is 20.8. The molecule has 0 aliphatic carbocycles. The van der Waals surface area contributed by atoms with Gasteiger partial charge in [-0.05, 0) is 51.0 Å². The average molecular weight is 378 g/mol. The van der Waals surface area contributed by atoms with Gasteiger partial charge in [0.2, 0.25) is 11.8 Å². The van der Waals surface area contributed by atoms with Gasteiger partial charge >= 0.3 is 0 Å². The lowest BCUT2D eigenvalue weighted by atomic mass is 10.1. The summed E-state index contributed by atoms with van der Waals surface area (Å²) in [6, 6.07) is 6.61. The van der Waals surface area contributed by atoms with E-state index in [0.29, 0.717) is 26.1 Å². The minimum Gasteiger partial charge on any atom is -0.353 e. The first-order valence-electron chi connectivity index (χ1n) is 9.34. The highest BCUT2D eigenvalue weighted by Crippen LogP contribution is 2.22. The molecule has 0 saturated carbocycles. The van der Waals surface area contributed by atoms with Gasteiger partial charge in [0.05, 0.1) is 6.54 Å². The molecule has 1 aromatic rings. The summed E-state index contributed by atoms with van der Waals surface area (Å²) in [4.78, 5) is 29.5. The van der Waals surface area contributed by atoms with E-state index in [1.807, 2.05) is 18.7 Å². The average Bonchev–Trinajstić information content (AvgIpc) is 2.58. The van der Waals surface area contributed by atoms with Crippen molar-refractivity contribution in [2.45, 2.75) is 45.1 Å². The van der Waals surface area contributed by atoms with Crippen LogP contribution in [0.3, 0.4) is 0 Å². The molecule has 1 aliphatic rings. The van der Waals surface area contributed by atoms with Crippen molar-refractivity contribution in [3.63, 3.8) is 0 Å². The summed E-state index contributed by atoms with van der Waals surface area (Å²) in [6.45, 7) is 11.5. The van der Waals surface area contributed by atoms with E-state index >= 15 is 0 Å². The molecule has 0 bridgehead atoms. The fraction of sp³-hybridized carbons (Fsp3) is 0.600. The Hall–Kier alpha value is -1.53. The molecule has 0 aromatic heterocycles. The molecule has 26 heavy (non-hydrogen) atoms. The van der Waals surface area contributed by atoms with E-state index in [-0.39, 0.29) is 17.9 Å². The molecule has 1 saturated heterocycles. The lowest BCUT2D eigenvalue weighted by molar-refractivity contribution is -0.132. The number of nitrogens with zero attached hydrogens (tertiary/aromatic N) is 2. The lowest BCUT2D eigenvalue weighted by Crippen LogP contribution is -2.51. The van der Waals surface area contributed by atoms with Crippen LogP contribution in [-0.2, 0) is 9.59 Å². The topological polar surface area (TPSA) is 52.7 Å². The van der Waals surface area contributed by atoms with Gasteiger partial charge in [0, 0.05) is 49.3 Å². The fourth-order valence-electron chi connectivity index (χ4n) is 2.94. The van der Waals surface area contributed by atoms with Crippen molar-refractivity contribution in [2.75, 3.05) is 38.5 Å². The number of rotatable bonds is 7. The second-order valence-electron chi connectivity index (χ2n) is 7.22. The summed E-state index contributed by atoms with van der Waals surface area (Å²) in [5.74, 6) is 1.08. The molecule has 2 amide bonds. The Bertz CT molecular complexity index is 625. The van der Waals surface area contributed by atoms with Gasteiger partial charge in [-0.25, -0.2) is 0 Å². The molecule has 0 radical (unpaired) electrons. The third-order valence-electron chi connectivity index (χ3n) is 4.60. The summed E-state index contributed by atoms with van der Waals surface area (Å²) in [5, 5.41) is 2.91. The monoisotopic (exact) mass is 377 g/mol. The molecule has 2 rings (SSSR count). The molecule has 6 heteroatoms. The van der Waals surface area contributed by atoms with E-state index in [0.717, 1.165) is 18.8 Å². The van der Waals surface area contributed by atoms with Crippen LogP contribution in [0.1, 0.15) is 31.4 Å². The molecule has 1 fully saturated rings. The van der Waals surface area contributed by atoms with Gasteiger partial charge in [0.25, 0.3) is 0 Å². The Labute approximate surface area is 161 Å². The maximum Gasteiger partial charge on any atom is 0.234 e. The number of hydrogen-bond donors (Lipinski definition) is 1. The number of piperazine rings is 1. The predicted molar refractivity (Wildman–Crippen MR) is 108 cm³/mol. The molecule has 5 nitrogen and oxygen atoms in total. The van der Waals surface area contributed by atoms with Crippen LogP contribution in [0.4, 0.5) is 0 Å². The van der Waals surface area contributed by atoms with Crippen LogP contribution >= 0.6 is 11.8 Å². The van der Waals surface area contributed by atoms with Crippen LogP contribution in [0.25, 0.3) is 0 Å². The Balaban J connectivity index is 1.68. The second-order valence-corrected chi connectivity index (χ2v) is 8.39.